The van der Waals surface area contributed by atoms with E-state index in [9.17, 15) is 14.4 Å². The monoisotopic (exact) mass is 625 g/mol. The predicted molar refractivity (Wildman–Crippen MR) is 172 cm³/mol. The van der Waals surface area contributed by atoms with Gasteiger partial charge in [0.1, 0.15) is 18.8 Å². The van der Waals surface area contributed by atoms with Gasteiger partial charge in [-0.1, -0.05) is 37.1 Å². The molecule has 1 amide bonds. The summed E-state index contributed by atoms with van der Waals surface area (Å²) in [6, 6.07) is 0. The Hall–Kier alpha value is -2.45. The van der Waals surface area contributed by atoms with E-state index >= 15 is 0 Å². The molecule has 0 aromatic carbocycles. The molecular weight excluding hydrogens is 570 g/mol. The van der Waals surface area contributed by atoms with Crippen LogP contribution in [0.4, 0.5) is 0 Å². The lowest BCUT2D eigenvalue weighted by Gasteiger charge is -2.58. The second-order valence-electron chi connectivity index (χ2n) is 14.8. The van der Waals surface area contributed by atoms with Gasteiger partial charge >= 0.3 is 11.9 Å². The summed E-state index contributed by atoms with van der Waals surface area (Å²) in [5.41, 5.74) is 3.68. The number of hydrogen-bond acceptors (Lipinski definition) is 7. The van der Waals surface area contributed by atoms with Crippen LogP contribution in [0.5, 0.6) is 0 Å². The van der Waals surface area contributed by atoms with Gasteiger partial charge in [-0.05, 0) is 118 Å². The fourth-order valence-electron chi connectivity index (χ4n) is 9.88. The predicted octanol–water partition coefficient (Wildman–Crippen LogP) is 6.59. The lowest BCUT2D eigenvalue weighted by atomic mass is 9.47. The third-order valence-corrected chi connectivity index (χ3v) is 12.2. The van der Waals surface area contributed by atoms with Crippen molar-refractivity contribution in [2.24, 2.45) is 34.5 Å². The molecule has 5 aliphatic rings. The van der Waals surface area contributed by atoms with E-state index < -0.39 is 30.4 Å². The molecular formula is C37H55NO7. The highest BCUT2D eigenvalue weighted by molar-refractivity contribution is 5.75. The number of carbonyl (C=O) groups excluding carboxylic acids is 3. The molecule has 8 nitrogen and oxygen atoms in total. The number of esters is 2. The topological polar surface area (TPSA) is 100 Å². The van der Waals surface area contributed by atoms with Gasteiger partial charge in [0.25, 0.3) is 0 Å². The van der Waals surface area contributed by atoms with Crippen molar-refractivity contribution in [2.45, 2.75) is 130 Å². The molecule has 1 aliphatic heterocycles. The Morgan fingerprint density at radius 2 is 1.82 bits per heavy atom. The van der Waals surface area contributed by atoms with E-state index in [1.807, 2.05) is 6.08 Å². The van der Waals surface area contributed by atoms with Crippen LogP contribution in [0.1, 0.15) is 105 Å². The molecule has 45 heavy (non-hydrogen) atoms. The quantitative estimate of drug-likeness (QED) is 0.166. The Kier molecular flexibility index (Phi) is 10.6. The molecule has 0 spiro atoms. The van der Waals surface area contributed by atoms with Crippen molar-refractivity contribution in [1.29, 1.82) is 0 Å². The van der Waals surface area contributed by atoms with Crippen LogP contribution < -0.4 is 5.32 Å². The summed E-state index contributed by atoms with van der Waals surface area (Å²) in [5, 5.41) is 2.73. The van der Waals surface area contributed by atoms with E-state index in [1.165, 1.54) is 46.0 Å². The molecule has 4 aliphatic carbocycles. The Morgan fingerprint density at radius 1 is 1.02 bits per heavy atom. The van der Waals surface area contributed by atoms with Crippen LogP contribution in [0, 0.1) is 34.5 Å². The summed E-state index contributed by atoms with van der Waals surface area (Å²) < 4.78 is 23.2. The van der Waals surface area contributed by atoms with Crippen LogP contribution in [-0.2, 0) is 33.3 Å². The number of hydrogen-bond donors (Lipinski definition) is 1. The van der Waals surface area contributed by atoms with E-state index in [0.717, 1.165) is 49.9 Å². The zero-order valence-corrected chi connectivity index (χ0v) is 28.3. The van der Waals surface area contributed by atoms with Gasteiger partial charge in [-0.25, -0.2) is 0 Å². The van der Waals surface area contributed by atoms with Crippen LogP contribution in [-0.4, -0.2) is 56.1 Å². The molecule has 0 saturated heterocycles. The summed E-state index contributed by atoms with van der Waals surface area (Å²) in [7, 11) is 1.71. The highest BCUT2D eigenvalue weighted by Gasteiger charge is 2.58. The fourth-order valence-corrected chi connectivity index (χ4v) is 9.88. The second kappa shape index (κ2) is 14.1. The molecule has 0 radical (unpaired) electrons. The molecule has 10 atom stereocenters. The largest absolute Gasteiger partial charge is 0.463 e. The minimum Gasteiger partial charge on any atom is -0.463 e. The molecule has 1 N–H and O–H groups in total. The summed E-state index contributed by atoms with van der Waals surface area (Å²) >= 11 is 0. The minimum atomic E-state index is -0.616. The van der Waals surface area contributed by atoms with Gasteiger partial charge in [0, 0.05) is 27.3 Å². The van der Waals surface area contributed by atoms with Crippen LogP contribution in [0.15, 0.2) is 35.5 Å². The van der Waals surface area contributed by atoms with Gasteiger partial charge < -0.3 is 24.3 Å². The Bertz CT molecular complexity index is 1210. The van der Waals surface area contributed by atoms with E-state index in [0.29, 0.717) is 17.8 Å². The van der Waals surface area contributed by atoms with E-state index in [4.69, 9.17) is 18.9 Å². The SMILES string of the molecule is CNC(=O)CCC/C=C(\C)[C@H]1CC[C@H]2[C@@H]3CC=C4C[C@@H](OC5C=C[C@H](OC(C)=O)[C@@H](COC(C)=O)O5)CC[C@]4(C)[C@H]3CC[C@]12C. The van der Waals surface area contributed by atoms with Crippen LogP contribution in [0.3, 0.4) is 0 Å². The number of allylic oxidation sites excluding steroid dienone is 3. The van der Waals surface area contributed by atoms with Crippen molar-refractivity contribution < 1.29 is 33.3 Å². The van der Waals surface area contributed by atoms with Crippen LogP contribution >= 0.6 is 0 Å². The first kappa shape index (κ1) is 33.9. The van der Waals surface area contributed by atoms with Crippen LogP contribution in [0.25, 0.3) is 0 Å². The standard InChI is InChI=1S/C37H55NO7/c1-23(9-7-8-10-34(41)38-6)29-13-14-30-28-12-11-26-21-27(17-19-36(26,4)31(28)18-20-37(29,30)5)44-35-16-15-32(43-25(3)40)33(45-35)22-42-24(2)39/h9,11,15-16,27-33,35H,7-8,10,12-14,17-22H2,1-6H3,(H,38,41)/b23-9+/t27-,28-,29+,30-,31-,32-,33+,35?,36-,37+/m0/s1. The number of rotatable bonds is 10. The minimum absolute atomic E-state index is 0.00236. The van der Waals surface area contributed by atoms with Gasteiger partial charge in [-0.15, -0.1) is 0 Å². The number of fused-ring (bicyclic) bond motifs is 5. The van der Waals surface area contributed by atoms with Crippen molar-refractivity contribution in [3.8, 4) is 0 Å². The first-order valence-electron chi connectivity index (χ1n) is 17.3. The fraction of sp³-hybridized carbons (Fsp3) is 0.757. The zero-order chi connectivity index (χ0) is 32.4. The molecule has 250 valence electrons. The smallest absolute Gasteiger partial charge is 0.303 e. The number of ether oxygens (including phenoxy) is 4. The van der Waals surface area contributed by atoms with E-state index in [2.05, 4.69) is 38.2 Å². The molecule has 0 aromatic rings. The van der Waals surface area contributed by atoms with Gasteiger partial charge in [-0.3, -0.25) is 14.4 Å². The molecule has 1 unspecified atom stereocenters. The Balaban J connectivity index is 1.21. The third-order valence-electron chi connectivity index (χ3n) is 12.2. The maximum atomic E-state index is 11.6. The molecule has 0 bridgehead atoms. The van der Waals surface area contributed by atoms with Gasteiger partial charge in [0.2, 0.25) is 5.91 Å². The Morgan fingerprint density at radius 3 is 2.56 bits per heavy atom. The van der Waals surface area contributed by atoms with Crippen molar-refractivity contribution in [1.82, 2.24) is 5.32 Å². The lowest BCUT2D eigenvalue weighted by Crippen LogP contribution is -2.51. The normalized spacial score (nSPS) is 39.2. The van der Waals surface area contributed by atoms with E-state index in [-0.39, 0.29) is 24.0 Å². The third kappa shape index (κ3) is 7.27. The first-order chi connectivity index (χ1) is 21.4. The number of carbonyl (C=O) groups is 3. The molecule has 0 aromatic heterocycles. The summed E-state index contributed by atoms with van der Waals surface area (Å²) in [6.45, 7) is 10.2. The summed E-state index contributed by atoms with van der Waals surface area (Å²) in [5.74, 6) is 2.19. The van der Waals surface area contributed by atoms with Gasteiger partial charge in [-0.2, -0.15) is 0 Å². The number of amides is 1. The van der Waals surface area contributed by atoms with Crippen molar-refractivity contribution in [3.63, 3.8) is 0 Å². The number of unbranched alkanes of at least 4 members (excludes halogenated alkanes) is 1. The number of nitrogens with one attached hydrogen (secondary N) is 1. The van der Waals surface area contributed by atoms with Gasteiger partial charge in [0.15, 0.2) is 6.29 Å². The van der Waals surface area contributed by atoms with Crippen molar-refractivity contribution in [3.05, 3.63) is 35.5 Å². The van der Waals surface area contributed by atoms with Crippen LogP contribution in [0.2, 0.25) is 0 Å². The van der Waals surface area contributed by atoms with E-state index in [1.54, 1.807) is 24.3 Å². The molecule has 1 heterocycles. The molecule has 5 rings (SSSR count). The summed E-state index contributed by atoms with van der Waals surface area (Å²) in [4.78, 5) is 34.6. The average molecular weight is 626 g/mol. The highest BCUT2D eigenvalue weighted by Crippen LogP contribution is 2.67. The maximum absolute atomic E-state index is 11.6. The average Bonchev–Trinajstić information content (AvgIpc) is 3.36. The zero-order valence-electron chi connectivity index (χ0n) is 28.3. The maximum Gasteiger partial charge on any atom is 0.303 e. The molecule has 3 fully saturated rings. The lowest BCUT2D eigenvalue weighted by molar-refractivity contribution is -0.213. The molecule has 3 saturated carbocycles. The highest BCUT2D eigenvalue weighted by atomic mass is 16.7. The summed E-state index contributed by atoms with van der Waals surface area (Å²) in [6.07, 6.45) is 18.7. The van der Waals surface area contributed by atoms with Crippen molar-refractivity contribution >= 4 is 17.8 Å². The van der Waals surface area contributed by atoms with Crippen molar-refractivity contribution in [2.75, 3.05) is 13.7 Å². The molecule has 8 heteroatoms. The second-order valence-corrected chi connectivity index (χ2v) is 14.8. The first-order valence-corrected chi connectivity index (χ1v) is 17.3. The Labute approximate surface area is 269 Å². The van der Waals surface area contributed by atoms with Gasteiger partial charge in [0.05, 0.1) is 6.10 Å².